The van der Waals surface area contributed by atoms with Crippen LogP contribution in [-0.4, -0.2) is 40.2 Å². The Kier molecular flexibility index (Phi) is 6.84. The second-order valence-electron chi connectivity index (χ2n) is 10.6. The van der Waals surface area contributed by atoms with Crippen molar-refractivity contribution in [1.29, 1.82) is 10.5 Å². The maximum absolute atomic E-state index is 9.99. The molecule has 8 heteroatoms. The fraction of sp³-hybridized carbons (Fsp3) is 0.367. The summed E-state index contributed by atoms with van der Waals surface area (Å²) < 4.78 is 5.71. The normalized spacial score (nSPS) is 18.5. The van der Waals surface area contributed by atoms with Crippen molar-refractivity contribution in [3.63, 3.8) is 0 Å². The summed E-state index contributed by atoms with van der Waals surface area (Å²) in [4.78, 5) is 16.1. The van der Waals surface area contributed by atoms with Gasteiger partial charge in [-0.05, 0) is 44.0 Å². The fourth-order valence-electron chi connectivity index (χ4n) is 5.28. The number of nitrogens with one attached hydrogen (secondary N) is 1. The molecule has 5 heterocycles. The van der Waals surface area contributed by atoms with Gasteiger partial charge in [0.25, 0.3) is 0 Å². The summed E-state index contributed by atoms with van der Waals surface area (Å²) in [5.74, 6) is 0.744. The molecular formula is C30H31N7O. The summed E-state index contributed by atoms with van der Waals surface area (Å²) in [6.45, 7) is 11.5. The number of hydrogen-bond donors (Lipinski definition) is 1. The number of anilines is 2. The van der Waals surface area contributed by atoms with Crippen LogP contribution in [0.2, 0.25) is 0 Å². The van der Waals surface area contributed by atoms with Gasteiger partial charge >= 0.3 is 0 Å². The summed E-state index contributed by atoms with van der Waals surface area (Å²) in [6, 6.07) is 12.9. The van der Waals surface area contributed by atoms with Crippen molar-refractivity contribution in [2.24, 2.45) is 0 Å². The van der Waals surface area contributed by atoms with E-state index in [-0.39, 0.29) is 17.5 Å². The highest BCUT2D eigenvalue weighted by atomic mass is 16.5. The van der Waals surface area contributed by atoms with Crippen molar-refractivity contribution >= 4 is 17.2 Å². The van der Waals surface area contributed by atoms with E-state index in [1.165, 1.54) is 0 Å². The molecule has 0 spiro atoms. The van der Waals surface area contributed by atoms with Gasteiger partial charge in [-0.2, -0.15) is 10.5 Å². The number of pyridine rings is 3. The molecule has 3 aromatic heterocycles. The van der Waals surface area contributed by atoms with Crippen molar-refractivity contribution in [3.05, 3.63) is 71.9 Å². The Morgan fingerprint density at radius 3 is 2.61 bits per heavy atom. The van der Waals surface area contributed by atoms with E-state index in [4.69, 9.17) is 9.72 Å². The topological polar surface area (TPSA) is 111 Å². The lowest BCUT2D eigenvalue weighted by molar-refractivity contribution is 0.0902. The summed E-state index contributed by atoms with van der Waals surface area (Å²) >= 11 is 0. The van der Waals surface area contributed by atoms with Crippen LogP contribution >= 0.6 is 0 Å². The molecule has 2 aliphatic rings. The monoisotopic (exact) mass is 505 g/mol. The van der Waals surface area contributed by atoms with Gasteiger partial charge in [0.05, 0.1) is 48.8 Å². The summed E-state index contributed by atoms with van der Waals surface area (Å²) in [7, 11) is 0. The zero-order chi connectivity index (χ0) is 26.9. The predicted molar refractivity (Wildman–Crippen MR) is 147 cm³/mol. The van der Waals surface area contributed by atoms with Gasteiger partial charge in [-0.25, -0.2) is 4.98 Å². The number of aryl methyl sites for hydroxylation is 1. The molecule has 2 saturated heterocycles. The molecule has 2 aliphatic heterocycles. The number of hydrogen-bond acceptors (Lipinski definition) is 8. The Hall–Kier alpha value is -4.27. The van der Waals surface area contributed by atoms with Crippen LogP contribution in [0.4, 0.5) is 11.5 Å². The van der Waals surface area contributed by atoms with Gasteiger partial charge in [-0.3, -0.25) is 9.97 Å². The van der Waals surface area contributed by atoms with E-state index in [2.05, 4.69) is 38.9 Å². The zero-order valence-electron chi connectivity index (χ0n) is 22.0. The maximum atomic E-state index is 9.99. The first-order chi connectivity index (χ1) is 18.3. The molecule has 5 rings (SSSR count). The Morgan fingerprint density at radius 2 is 1.89 bits per heavy atom. The summed E-state index contributed by atoms with van der Waals surface area (Å²) in [5.41, 5.74) is 5.99. The molecule has 1 N–H and O–H groups in total. The molecular weight excluding hydrogens is 474 g/mol. The third-order valence-electron chi connectivity index (χ3n) is 7.49. The second kappa shape index (κ2) is 10.2. The lowest BCUT2D eigenvalue weighted by Gasteiger charge is -2.36. The van der Waals surface area contributed by atoms with E-state index >= 15 is 0 Å². The minimum atomic E-state index is -0.359. The molecule has 3 aromatic rings. The molecule has 2 atom stereocenters. The van der Waals surface area contributed by atoms with Gasteiger partial charge < -0.3 is 15.0 Å². The Morgan fingerprint density at radius 1 is 1.13 bits per heavy atom. The lowest BCUT2D eigenvalue weighted by atomic mass is 9.85. The van der Waals surface area contributed by atoms with Crippen LogP contribution in [0, 0.1) is 29.6 Å². The van der Waals surface area contributed by atoms with Gasteiger partial charge in [-0.1, -0.05) is 20.4 Å². The molecule has 2 fully saturated rings. The average molecular weight is 506 g/mol. The van der Waals surface area contributed by atoms with Crippen molar-refractivity contribution in [1.82, 2.24) is 15.0 Å². The molecule has 0 amide bonds. The van der Waals surface area contributed by atoms with E-state index in [0.29, 0.717) is 30.9 Å². The first kappa shape index (κ1) is 25.4. The molecule has 0 aromatic carbocycles. The standard InChI is InChI=1S/C30H31N7O/c1-19(21-7-10-33-28(12-21)30(3,4)8-9-31)36-24-13-27(20(2)34-16-24)23-11-22(14-32)29(35-15-23)37-25-5-6-26(37)18-38-17-25/h7,10-13,15-16,25-26,36H,1,5-6,8,17-18H2,2-4H3. The van der Waals surface area contributed by atoms with E-state index in [1.807, 2.05) is 51.2 Å². The van der Waals surface area contributed by atoms with E-state index < -0.39 is 0 Å². The highest BCUT2D eigenvalue weighted by Crippen LogP contribution is 2.36. The van der Waals surface area contributed by atoms with E-state index in [1.54, 1.807) is 12.4 Å². The molecule has 8 nitrogen and oxygen atoms in total. The molecule has 0 saturated carbocycles. The first-order valence-electron chi connectivity index (χ1n) is 12.8. The maximum Gasteiger partial charge on any atom is 0.147 e. The third-order valence-corrected chi connectivity index (χ3v) is 7.49. The SMILES string of the molecule is C=C(Nc1cnc(C)c(-c2cnc(N3C4CCC3COC4)c(C#N)c2)c1)c1ccnc(C(C)(C)CC#N)c1. The Labute approximate surface area is 223 Å². The van der Waals surface area contributed by atoms with E-state index in [0.717, 1.165) is 52.4 Å². The minimum absolute atomic E-state index is 0.278. The van der Waals surface area contributed by atoms with Crippen molar-refractivity contribution in [2.75, 3.05) is 23.4 Å². The van der Waals surface area contributed by atoms with Gasteiger partial charge in [0.1, 0.15) is 11.9 Å². The average Bonchev–Trinajstić information content (AvgIpc) is 3.16. The minimum Gasteiger partial charge on any atom is -0.377 e. The quantitative estimate of drug-likeness (QED) is 0.457. The summed E-state index contributed by atoms with van der Waals surface area (Å²) in [6.07, 6.45) is 7.85. The third kappa shape index (κ3) is 4.83. The number of fused-ring (bicyclic) bond motifs is 2. The number of aromatic nitrogens is 3. The second-order valence-corrected chi connectivity index (χ2v) is 10.6. The molecule has 38 heavy (non-hydrogen) atoms. The van der Waals surface area contributed by atoms with Crippen molar-refractivity contribution in [2.45, 2.75) is 57.5 Å². The van der Waals surface area contributed by atoms with Crippen LogP contribution in [0.5, 0.6) is 0 Å². The van der Waals surface area contributed by atoms with Crippen LogP contribution in [0.3, 0.4) is 0 Å². The van der Waals surface area contributed by atoms with Crippen molar-refractivity contribution in [3.8, 4) is 23.3 Å². The molecule has 2 bridgehead atoms. The van der Waals surface area contributed by atoms with Gasteiger partial charge in [0, 0.05) is 58.0 Å². The number of rotatable bonds is 7. The Bertz CT molecular complexity index is 1450. The number of nitriles is 2. The van der Waals surface area contributed by atoms with Crippen LogP contribution in [0.25, 0.3) is 16.8 Å². The largest absolute Gasteiger partial charge is 0.377 e. The molecule has 0 radical (unpaired) electrons. The molecule has 2 unspecified atom stereocenters. The van der Waals surface area contributed by atoms with Gasteiger partial charge in [0.2, 0.25) is 0 Å². The lowest BCUT2D eigenvalue weighted by Crippen LogP contribution is -2.46. The fourth-order valence-corrected chi connectivity index (χ4v) is 5.28. The van der Waals surface area contributed by atoms with E-state index in [9.17, 15) is 10.5 Å². The number of morpholine rings is 1. The van der Waals surface area contributed by atoms with Crippen LogP contribution in [-0.2, 0) is 10.2 Å². The predicted octanol–water partition coefficient (Wildman–Crippen LogP) is 5.36. The summed E-state index contributed by atoms with van der Waals surface area (Å²) in [5, 5.41) is 22.5. The van der Waals surface area contributed by atoms with Crippen LogP contribution in [0.15, 0.2) is 49.4 Å². The van der Waals surface area contributed by atoms with Crippen LogP contribution < -0.4 is 10.2 Å². The van der Waals surface area contributed by atoms with Gasteiger partial charge in [-0.15, -0.1) is 0 Å². The van der Waals surface area contributed by atoms with Crippen LogP contribution in [0.1, 0.15) is 55.6 Å². The Balaban J connectivity index is 1.40. The van der Waals surface area contributed by atoms with Crippen molar-refractivity contribution < 1.29 is 4.74 Å². The zero-order valence-corrected chi connectivity index (χ0v) is 22.0. The number of nitrogens with zero attached hydrogens (tertiary/aromatic N) is 6. The number of ether oxygens (including phenoxy) is 1. The highest BCUT2D eigenvalue weighted by molar-refractivity contribution is 5.79. The highest BCUT2D eigenvalue weighted by Gasteiger charge is 2.39. The molecule has 192 valence electrons. The smallest absolute Gasteiger partial charge is 0.147 e. The molecule has 0 aliphatic carbocycles. The first-order valence-corrected chi connectivity index (χ1v) is 12.8. The van der Waals surface area contributed by atoms with Gasteiger partial charge in [0.15, 0.2) is 0 Å².